The van der Waals surface area contributed by atoms with E-state index in [-0.39, 0.29) is 29.6 Å². The van der Waals surface area contributed by atoms with E-state index in [1.54, 1.807) is 6.92 Å². The van der Waals surface area contributed by atoms with E-state index < -0.39 is 101 Å². The number of aliphatic hydroxyl groups is 2. The Kier molecular flexibility index (Phi) is 15.3. The maximum Gasteiger partial charge on any atom is 0.319 e. The van der Waals surface area contributed by atoms with Crippen LogP contribution in [0.25, 0.3) is 0 Å². The first-order valence-electron chi connectivity index (χ1n) is 23.7. The van der Waals surface area contributed by atoms with Crippen molar-refractivity contribution >= 4 is 23.5 Å². The molecule has 1 aromatic rings. The van der Waals surface area contributed by atoms with Gasteiger partial charge in [0.05, 0.1) is 53.7 Å². The Morgan fingerprint density at radius 3 is 2.19 bits per heavy atom. The minimum Gasteiger partial charge on any atom is -0.481 e. The molecule has 1 aromatic carbocycles. The molecule has 63 heavy (non-hydrogen) atoms. The number of amides is 2. The predicted octanol–water partition coefficient (Wildman–Crippen LogP) is 8.16. The SMILES string of the molecule is CC[C@@H](C(=O)[C@@H](C)[C@@H](O)[C@H](C)[C@@H]1O[C@@H]([C@@H](CC)C(=O)O)CC[C@@H]1C)[C@H]1O[C@]2(C=C[C@@H](NC(=O)Nc3ccc(F)cc3)[C@]3(CC[C@@](C)([C@H]4CC[C@](O)(CC)[C@H](C)O4)O3)O2)[C@H](C)C[C@@H]1C. The average Bonchev–Trinajstić information content (AvgIpc) is 3.59. The zero-order valence-electron chi connectivity index (χ0n) is 39.1. The van der Waals surface area contributed by atoms with E-state index in [2.05, 4.69) is 24.5 Å². The van der Waals surface area contributed by atoms with Crippen LogP contribution in [0.2, 0.25) is 0 Å². The summed E-state index contributed by atoms with van der Waals surface area (Å²) in [7, 11) is 0. The summed E-state index contributed by atoms with van der Waals surface area (Å²) in [5, 5.41) is 38.8. The Labute approximate surface area is 373 Å². The van der Waals surface area contributed by atoms with Crippen LogP contribution in [-0.2, 0) is 33.3 Å². The van der Waals surface area contributed by atoms with Crippen molar-refractivity contribution in [3.63, 3.8) is 0 Å². The van der Waals surface area contributed by atoms with E-state index in [0.29, 0.717) is 63.5 Å². The van der Waals surface area contributed by atoms with Crippen LogP contribution < -0.4 is 10.6 Å². The molecule has 0 radical (unpaired) electrons. The van der Waals surface area contributed by atoms with Gasteiger partial charge in [0.1, 0.15) is 17.6 Å². The number of aliphatic hydroxyl groups excluding tert-OH is 1. The van der Waals surface area contributed by atoms with Crippen LogP contribution in [0.5, 0.6) is 0 Å². The molecular weight excluding hydrogens is 812 g/mol. The second kappa shape index (κ2) is 19.5. The van der Waals surface area contributed by atoms with E-state index in [1.165, 1.54) is 24.3 Å². The van der Waals surface area contributed by atoms with Crippen LogP contribution in [0.4, 0.5) is 14.9 Å². The Hall–Kier alpha value is -2.98. The lowest BCUT2D eigenvalue weighted by atomic mass is 9.72. The number of hydrogen-bond acceptors (Lipinski definition) is 10. The number of benzene rings is 1. The van der Waals surface area contributed by atoms with Crippen molar-refractivity contribution < 1.29 is 57.8 Å². The van der Waals surface area contributed by atoms with Gasteiger partial charge in [-0.15, -0.1) is 0 Å². The summed E-state index contributed by atoms with van der Waals surface area (Å²) in [4.78, 5) is 40.3. The van der Waals surface area contributed by atoms with Crippen molar-refractivity contribution in [2.45, 2.75) is 199 Å². The molecule has 354 valence electrons. The van der Waals surface area contributed by atoms with Gasteiger partial charge >= 0.3 is 12.0 Å². The number of ketones is 1. The van der Waals surface area contributed by atoms with Crippen molar-refractivity contribution in [2.75, 3.05) is 5.32 Å². The maximum atomic E-state index is 14.7. The van der Waals surface area contributed by atoms with Gasteiger partial charge in [-0.1, -0.05) is 61.5 Å². The van der Waals surface area contributed by atoms with Gasteiger partial charge in [0.2, 0.25) is 0 Å². The number of aliphatic carboxylic acids is 1. The number of halogens is 1. The van der Waals surface area contributed by atoms with Gasteiger partial charge in [-0.3, -0.25) is 9.59 Å². The normalized spacial score (nSPS) is 40.5. The fraction of sp³-hybridized carbons (Fsp3) is 0.776. The third-order valence-corrected chi connectivity index (χ3v) is 15.9. The summed E-state index contributed by atoms with van der Waals surface area (Å²) in [5.74, 6) is -6.81. The molecule has 2 amide bonds. The third-order valence-electron chi connectivity index (χ3n) is 15.9. The molecule has 0 aromatic heterocycles. The lowest BCUT2D eigenvalue weighted by molar-refractivity contribution is -0.397. The van der Waals surface area contributed by atoms with Gasteiger partial charge in [-0.2, -0.15) is 0 Å². The summed E-state index contributed by atoms with van der Waals surface area (Å²) in [6, 6.07) is 4.15. The molecule has 6 rings (SSSR count). The molecule has 4 saturated heterocycles. The number of Topliss-reactive ketones (excluding diaryl/α,β-unsaturated/α-hetero) is 1. The minimum absolute atomic E-state index is 0.0553. The standard InChI is InChI=1S/C49H75FN2O11/c1-11-35(44(55)56)37-19-14-27(4)42(60-37)31(8)40(53)30(7)41(54)36(12-2)43-28(5)26-29(6)48(61-43)23-20-38(52-45(57)51-34-17-15-33(50)16-18-34)49(63-48)25-24-46(10,62-49)39-21-22-47(58,13-3)32(9)59-39/h15-18,20,23,27-32,35-40,42-43,53,58H,11-14,19,21-22,24-26H2,1-10H3,(H,55,56)(H2,51,52,57)/t27-,28-,29+,30-,31-,32-,35+,36-,37+,38+,39+,40+,42+,43-,46-,47+,48-,49-/m0/s1. The molecule has 13 nitrogen and oxygen atoms in total. The van der Waals surface area contributed by atoms with Crippen molar-refractivity contribution in [1.29, 1.82) is 0 Å². The second-order valence-electron chi connectivity index (χ2n) is 20.1. The Balaban J connectivity index is 1.25. The van der Waals surface area contributed by atoms with Crippen molar-refractivity contribution in [3.8, 4) is 0 Å². The molecular formula is C49H75FN2O11. The quantitative estimate of drug-likeness (QED) is 0.114. The summed E-state index contributed by atoms with van der Waals surface area (Å²) >= 11 is 0. The molecule has 0 bridgehead atoms. The van der Waals surface area contributed by atoms with Crippen LogP contribution in [-0.4, -0.2) is 98.5 Å². The highest BCUT2D eigenvalue weighted by atomic mass is 19.1. The molecule has 2 spiro atoms. The number of ether oxygens (including phenoxy) is 5. The van der Waals surface area contributed by atoms with Gasteiger partial charge < -0.3 is 49.6 Å². The zero-order chi connectivity index (χ0) is 46.2. The predicted molar refractivity (Wildman–Crippen MR) is 235 cm³/mol. The molecule has 4 fully saturated rings. The van der Waals surface area contributed by atoms with Gasteiger partial charge in [0.15, 0.2) is 11.6 Å². The average molecular weight is 887 g/mol. The summed E-state index contributed by atoms with van der Waals surface area (Å²) in [6.07, 6.45) is 5.90. The molecule has 18 atom stereocenters. The molecule has 14 heteroatoms. The first kappa shape index (κ1) is 49.5. The van der Waals surface area contributed by atoms with E-state index in [9.17, 15) is 34.1 Å². The zero-order valence-corrected chi connectivity index (χ0v) is 39.1. The van der Waals surface area contributed by atoms with E-state index in [1.807, 2.05) is 60.6 Å². The molecule has 5 aliphatic rings. The number of carboxylic acid groups (broad SMARTS) is 1. The second-order valence-corrected chi connectivity index (χ2v) is 20.1. The summed E-state index contributed by atoms with van der Waals surface area (Å²) < 4.78 is 48.1. The lowest BCUT2D eigenvalue weighted by Gasteiger charge is -2.55. The number of urea groups is 1. The smallest absolute Gasteiger partial charge is 0.319 e. The number of carbonyl (C=O) groups excluding carboxylic acids is 2. The molecule has 5 aliphatic heterocycles. The summed E-state index contributed by atoms with van der Waals surface area (Å²) in [6.45, 7) is 19.5. The van der Waals surface area contributed by atoms with Crippen molar-refractivity contribution in [1.82, 2.24) is 5.32 Å². The largest absolute Gasteiger partial charge is 0.481 e. The topological polar surface area (TPSA) is 182 Å². The number of carboxylic acids is 1. The summed E-state index contributed by atoms with van der Waals surface area (Å²) in [5.41, 5.74) is -1.40. The first-order valence-corrected chi connectivity index (χ1v) is 23.7. The Bertz CT molecular complexity index is 1800. The molecule has 5 N–H and O–H groups in total. The molecule has 0 saturated carbocycles. The minimum atomic E-state index is -1.43. The van der Waals surface area contributed by atoms with E-state index in [0.717, 1.165) is 6.42 Å². The number of anilines is 1. The number of rotatable bonds is 14. The molecule has 5 heterocycles. The van der Waals surface area contributed by atoms with Gasteiger partial charge in [0, 0.05) is 35.8 Å². The van der Waals surface area contributed by atoms with E-state index >= 15 is 0 Å². The third kappa shape index (κ3) is 9.93. The van der Waals surface area contributed by atoms with Gasteiger partial charge in [-0.25, -0.2) is 9.18 Å². The van der Waals surface area contributed by atoms with Crippen LogP contribution in [0.3, 0.4) is 0 Å². The Morgan fingerprint density at radius 2 is 1.57 bits per heavy atom. The van der Waals surface area contributed by atoms with Crippen molar-refractivity contribution in [3.05, 3.63) is 42.2 Å². The fourth-order valence-electron chi connectivity index (χ4n) is 11.5. The number of hydrogen-bond donors (Lipinski definition) is 5. The number of carbonyl (C=O) groups is 3. The lowest BCUT2D eigenvalue weighted by Crippen LogP contribution is -2.66. The molecule has 0 unspecified atom stereocenters. The Morgan fingerprint density at radius 1 is 0.889 bits per heavy atom. The highest BCUT2D eigenvalue weighted by Crippen LogP contribution is 2.54. The van der Waals surface area contributed by atoms with Crippen LogP contribution >= 0.6 is 0 Å². The fourth-order valence-corrected chi connectivity index (χ4v) is 11.5. The highest BCUT2D eigenvalue weighted by molar-refractivity contribution is 5.89. The van der Waals surface area contributed by atoms with E-state index in [4.69, 9.17) is 23.7 Å². The molecule has 0 aliphatic carbocycles. The van der Waals surface area contributed by atoms with Crippen LogP contribution in [0.1, 0.15) is 133 Å². The van der Waals surface area contributed by atoms with Gasteiger partial charge in [-0.05, 0) is 114 Å². The number of nitrogens with one attached hydrogen (secondary N) is 2. The monoisotopic (exact) mass is 887 g/mol. The van der Waals surface area contributed by atoms with Crippen LogP contribution in [0.15, 0.2) is 36.4 Å². The van der Waals surface area contributed by atoms with Crippen LogP contribution in [0, 0.1) is 47.2 Å². The highest BCUT2D eigenvalue weighted by Gasteiger charge is 2.63. The van der Waals surface area contributed by atoms with Crippen molar-refractivity contribution in [2.24, 2.45) is 41.4 Å². The first-order chi connectivity index (χ1) is 29.6. The maximum absolute atomic E-state index is 14.7. The van der Waals surface area contributed by atoms with Gasteiger partial charge in [0.25, 0.3) is 0 Å².